The van der Waals surface area contributed by atoms with Crippen molar-refractivity contribution in [1.82, 2.24) is 4.90 Å². The van der Waals surface area contributed by atoms with Crippen LogP contribution in [0.15, 0.2) is 40.5 Å². The number of nitro benzene ring substituents is 1. The first-order valence-electron chi connectivity index (χ1n) is 8.91. The number of carbonyl (C=O) groups excluding carboxylic acids is 2. The number of hydrogen-bond donors (Lipinski definition) is 0. The third-order valence-electron chi connectivity index (χ3n) is 4.42. The molecule has 0 radical (unpaired) electrons. The molecule has 148 valence electrons. The first kappa shape index (κ1) is 20.1. The molecule has 0 aromatic heterocycles. The summed E-state index contributed by atoms with van der Waals surface area (Å²) in [7, 11) is 0. The molecule has 1 aromatic carbocycles. The van der Waals surface area contributed by atoms with Crippen LogP contribution in [0.3, 0.4) is 0 Å². The Kier molecular flexibility index (Phi) is 5.55. The average Bonchev–Trinajstić information content (AvgIpc) is 2.92. The highest BCUT2D eigenvalue weighted by atomic mass is 32.2. The summed E-state index contributed by atoms with van der Waals surface area (Å²) >= 11 is 1.31. The normalized spacial score (nSPS) is 21.7. The van der Waals surface area contributed by atoms with Gasteiger partial charge in [0.15, 0.2) is 5.17 Å². The highest BCUT2D eigenvalue weighted by Gasteiger charge is 2.46. The Labute approximate surface area is 166 Å². The topological polar surface area (TPSA) is 102 Å². The van der Waals surface area contributed by atoms with E-state index < -0.39 is 16.9 Å². The van der Waals surface area contributed by atoms with Gasteiger partial charge in [-0.3, -0.25) is 19.8 Å². The fourth-order valence-corrected chi connectivity index (χ4v) is 4.14. The average molecular weight is 403 g/mol. The van der Waals surface area contributed by atoms with E-state index in [4.69, 9.17) is 4.74 Å². The zero-order valence-electron chi connectivity index (χ0n) is 16.0. The molecule has 0 bridgehead atoms. The van der Waals surface area contributed by atoms with Crippen LogP contribution in [-0.4, -0.2) is 38.7 Å². The molecule has 1 aromatic rings. The van der Waals surface area contributed by atoms with E-state index in [9.17, 15) is 19.7 Å². The van der Waals surface area contributed by atoms with Gasteiger partial charge in [-0.25, -0.2) is 9.79 Å². The number of nitrogens with zero attached hydrogens (tertiary/aromatic N) is 3. The number of amidine groups is 1. The van der Waals surface area contributed by atoms with Crippen LogP contribution in [-0.2, 0) is 14.3 Å². The Morgan fingerprint density at radius 1 is 1.43 bits per heavy atom. The molecule has 1 amide bonds. The number of thioether (sulfide) groups is 1. The highest BCUT2D eigenvalue weighted by Crippen LogP contribution is 2.43. The molecule has 0 saturated carbocycles. The maximum absolute atomic E-state index is 12.9. The Balaban J connectivity index is 2.11. The summed E-state index contributed by atoms with van der Waals surface area (Å²) in [5, 5.41) is 11.4. The zero-order chi connectivity index (χ0) is 20.6. The number of ether oxygens (including phenoxy) is 1. The predicted octanol–water partition coefficient (Wildman–Crippen LogP) is 3.44. The van der Waals surface area contributed by atoms with E-state index in [2.05, 4.69) is 4.99 Å². The summed E-state index contributed by atoms with van der Waals surface area (Å²) < 4.78 is 5.41. The molecule has 9 heteroatoms. The number of fused-ring (bicyclic) bond motifs is 1. The smallest absolute Gasteiger partial charge is 0.338 e. The van der Waals surface area contributed by atoms with Crippen molar-refractivity contribution >= 4 is 34.5 Å². The summed E-state index contributed by atoms with van der Waals surface area (Å²) in [5.74, 6) is -0.613. The molecule has 0 unspecified atom stereocenters. The number of rotatable bonds is 5. The van der Waals surface area contributed by atoms with Gasteiger partial charge < -0.3 is 4.74 Å². The van der Waals surface area contributed by atoms with E-state index >= 15 is 0 Å². The number of esters is 1. The molecule has 8 nitrogen and oxygen atoms in total. The second-order valence-corrected chi connectivity index (χ2v) is 8.42. The zero-order valence-corrected chi connectivity index (χ0v) is 16.9. The summed E-state index contributed by atoms with van der Waals surface area (Å²) in [6.45, 7) is 7.53. The minimum atomic E-state index is -0.808. The lowest BCUT2D eigenvalue weighted by Crippen LogP contribution is -2.40. The van der Waals surface area contributed by atoms with Gasteiger partial charge in [0.2, 0.25) is 5.91 Å². The molecule has 3 rings (SSSR count). The summed E-state index contributed by atoms with van der Waals surface area (Å²) in [6.07, 6.45) is 0. The second kappa shape index (κ2) is 7.75. The molecule has 2 aliphatic heterocycles. The van der Waals surface area contributed by atoms with Crippen LogP contribution >= 0.6 is 11.8 Å². The molecule has 2 atom stereocenters. The molecule has 28 heavy (non-hydrogen) atoms. The largest absolute Gasteiger partial charge is 0.462 e. The SMILES string of the molecule is CC1=C(C(=O)OCC(C)C)[C@H](c2cccc([N+](=O)[O-])c2)N2C(=O)[C@H](C)SC2=N1. The third kappa shape index (κ3) is 3.66. The van der Waals surface area contributed by atoms with Crippen LogP contribution in [0.2, 0.25) is 0 Å². The van der Waals surface area contributed by atoms with E-state index in [1.807, 2.05) is 13.8 Å². The van der Waals surface area contributed by atoms with Gasteiger partial charge in [-0.1, -0.05) is 37.7 Å². The van der Waals surface area contributed by atoms with Crippen molar-refractivity contribution in [3.05, 3.63) is 51.2 Å². The Bertz CT molecular complexity index is 909. The van der Waals surface area contributed by atoms with Crippen molar-refractivity contribution in [2.24, 2.45) is 10.9 Å². The van der Waals surface area contributed by atoms with E-state index in [-0.39, 0.29) is 34.9 Å². The van der Waals surface area contributed by atoms with Crippen LogP contribution in [0.25, 0.3) is 0 Å². The summed E-state index contributed by atoms with van der Waals surface area (Å²) in [6, 6.07) is 5.17. The van der Waals surface area contributed by atoms with Crippen LogP contribution in [0, 0.1) is 16.0 Å². The summed E-state index contributed by atoms with van der Waals surface area (Å²) in [5.41, 5.74) is 1.04. The predicted molar refractivity (Wildman–Crippen MR) is 106 cm³/mol. The summed E-state index contributed by atoms with van der Waals surface area (Å²) in [4.78, 5) is 42.3. The van der Waals surface area contributed by atoms with Crippen molar-refractivity contribution in [3.63, 3.8) is 0 Å². The molecule has 0 N–H and O–H groups in total. The minimum absolute atomic E-state index is 0.110. The quantitative estimate of drug-likeness (QED) is 0.424. The first-order valence-corrected chi connectivity index (χ1v) is 9.79. The minimum Gasteiger partial charge on any atom is -0.462 e. The van der Waals surface area contributed by atoms with E-state index in [0.717, 1.165) is 0 Å². The lowest BCUT2D eigenvalue weighted by Gasteiger charge is -2.33. The Morgan fingerprint density at radius 3 is 2.79 bits per heavy atom. The van der Waals surface area contributed by atoms with Crippen molar-refractivity contribution in [3.8, 4) is 0 Å². The highest BCUT2D eigenvalue weighted by molar-refractivity contribution is 8.15. The number of aliphatic imine (C=N–C) groups is 1. The molecule has 1 fully saturated rings. The lowest BCUT2D eigenvalue weighted by molar-refractivity contribution is -0.384. The standard InChI is InChI=1S/C19H21N3O5S/c1-10(2)9-27-18(24)15-11(3)20-19-21(17(23)12(4)28-19)16(15)13-6-5-7-14(8-13)22(25)26/h5-8,10,12,16H,9H2,1-4H3/t12-,16-/m0/s1. The number of benzene rings is 1. The van der Waals surface area contributed by atoms with Crippen molar-refractivity contribution < 1.29 is 19.2 Å². The van der Waals surface area contributed by atoms with Gasteiger partial charge in [-0.2, -0.15) is 0 Å². The fraction of sp³-hybridized carbons (Fsp3) is 0.421. The van der Waals surface area contributed by atoms with Crippen molar-refractivity contribution in [2.75, 3.05) is 6.61 Å². The second-order valence-electron chi connectivity index (χ2n) is 7.11. The Hall–Kier alpha value is -2.68. The molecule has 2 heterocycles. The van der Waals surface area contributed by atoms with Gasteiger partial charge in [0.25, 0.3) is 5.69 Å². The number of non-ortho nitro benzene ring substituents is 1. The van der Waals surface area contributed by atoms with Crippen LogP contribution in [0.4, 0.5) is 5.69 Å². The first-order chi connectivity index (χ1) is 13.2. The number of hydrogen-bond acceptors (Lipinski definition) is 7. The van der Waals surface area contributed by atoms with Gasteiger partial charge in [0.1, 0.15) is 0 Å². The van der Waals surface area contributed by atoms with Gasteiger partial charge in [0, 0.05) is 12.1 Å². The maximum atomic E-state index is 12.9. The van der Waals surface area contributed by atoms with Gasteiger partial charge in [0.05, 0.1) is 34.1 Å². The molecule has 2 aliphatic rings. The van der Waals surface area contributed by atoms with Crippen molar-refractivity contribution in [1.29, 1.82) is 0 Å². The molecule has 0 spiro atoms. The van der Waals surface area contributed by atoms with Crippen LogP contribution in [0.5, 0.6) is 0 Å². The van der Waals surface area contributed by atoms with E-state index in [1.165, 1.54) is 28.8 Å². The maximum Gasteiger partial charge on any atom is 0.338 e. The lowest BCUT2D eigenvalue weighted by atomic mass is 9.94. The van der Waals surface area contributed by atoms with Gasteiger partial charge in [-0.05, 0) is 25.3 Å². The number of nitro groups is 1. The van der Waals surface area contributed by atoms with Crippen LogP contribution < -0.4 is 0 Å². The monoisotopic (exact) mass is 403 g/mol. The molecular weight excluding hydrogens is 382 g/mol. The van der Waals surface area contributed by atoms with E-state index in [0.29, 0.717) is 16.4 Å². The number of allylic oxidation sites excluding steroid dienone is 1. The molecule has 1 saturated heterocycles. The number of carbonyl (C=O) groups is 2. The van der Waals surface area contributed by atoms with Gasteiger partial charge in [-0.15, -0.1) is 0 Å². The number of amides is 1. The van der Waals surface area contributed by atoms with Crippen LogP contribution in [0.1, 0.15) is 39.3 Å². The van der Waals surface area contributed by atoms with E-state index in [1.54, 1.807) is 26.0 Å². The van der Waals surface area contributed by atoms with Crippen molar-refractivity contribution in [2.45, 2.75) is 39.0 Å². The molecule has 0 aliphatic carbocycles. The fourth-order valence-electron chi connectivity index (χ4n) is 3.11. The Morgan fingerprint density at radius 2 is 2.14 bits per heavy atom. The van der Waals surface area contributed by atoms with Gasteiger partial charge >= 0.3 is 5.97 Å². The molecular formula is C19H21N3O5S. The third-order valence-corrected chi connectivity index (χ3v) is 5.48.